The summed E-state index contributed by atoms with van der Waals surface area (Å²) in [5.74, 6) is -1.67. The van der Waals surface area contributed by atoms with Gasteiger partial charge in [0.15, 0.2) is 11.4 Å². The summed E-state index contributed by atoms with van der Waals surface area (Å²) in [6.45, 7) is -0.325. The fourth-order valence-corrected chi connectivity index (χ4v) is 2.99. The molecule has 0 spiro atoms. The van der Waals surface area contributed by atoms with E-state index >= 15 is 0 Å². The van der Waals surface area contributed by atoms with Crippen LogP contribution in [0.15, 0.2) is 54.6 Å². The molecule has 0 radical (unpaired) electrons. The SMILES string of the molecule is COC(=O)CN1C(=O)C(O)(CC(=O)c2ccccc2)c2ccccc21. The fourth-order valence-electron chi connectivity index (χ4n) is 2.99. The highest BCUT2D eigenvalue weighted by Crippen LogP contribution is 2.42. The largest absolute Gasteiger partial charge is 0.468 e. The fraction of sp³-hybridized carbons (Fsp3) is 0.211. The quantitative estimate of drug-likeness (QED) is 0.662. The molecule has 1 atom stereocenters. The highest BCUT2D eigenvalue weighted by Gasteiger charge is 2.51. The van der Waals surface area contributed by atoms with Crippen LogP contribution in [0.2, 0.25) is 0 Å². The number of carbonyl (C=O) groups excluding carboxylic acids is 3. The molecule has 0 aliphatic carbocycles. The number of methoxy groups -OCH3 is 1. The molecule has 0 aromatic heterocycles. The van der Waals surface area contributed by atoms with E-state index in [9.17, 15) is 19.5 Å². The van der Waals surface area contributed by atoms with Crippen LogP contribution >= 0.6 is 0 Å². The average Bonchev–Trinajstić information content (AvgIpc) is 2.84. The summed E-state index contributed by atoms with van der Waals surface area (Å²) in [6, 6.07) is 15.0. The maximum atomic E-state index is 12.8. The van der Waals surface area contributed by atoms with Gasteiger partial charge in [0, 0.05) is 11.1 Å². The summed E-state index contributed by atoms with van der Waals surface area (Å²) in [5, 5.41) is 11.0. The van der Waals surface area contributed by atoms with Crippen LogP contribution in [0, 0.1) is 0 Å². The van der Waals surface area contributed by atoms with Gasteiger partial charge in [-0.25, -0.2) is 0 Å². The first-order valence-electron chi connectivity index (χ1n) is 7.76. The smallest absolute Gasteiger partial charge is 0.325 e. The van der Waals surface area contributed by atoms with Gasteiger partial charge in [-0.05, 0) is 6.07 Å². The van der Waals surface area contributed by atoms with Gasteiger partial charge in [-0.15, -0.1) is 0 Å². The van der Waals surface area contributed by atoms with Crippen LogP contribution < -0.4 is 4.90 Å². The normalized spacial score (nSPS) is 18.8. The summed E-state index contributed by atoms with van der Waals surface area (Å²) in [6.07, 6.45) is -0.398. The van der Waals surface area contributed by atoms with E-state index in [-0.39, 0.29) is 12.3 Å². The van der Waals surface area contributed by atoms with E-state index in [1.807, 2.05) is 0 Å². The van der Waals surface area contributed by atoms with Crippen LogP contribution in [0.3, 0.4) is 0 Å². The molecular formula is C19H17NO5. The summed E-state index contributed by atoms with van der Waals surface area (Å²) < 4.78 is 4.61. The molecule has 1 amide bonds. The number of ketones is 1. The van der Waals surface area contributed by atoms with E-state index in [2.05, 4.69) is 4.74 Å². The van der Waals surface area contributed by atoms with E-state index < -0.39 is 23.9 Å². The van der Waals surface area contributed by atoms with Gasteiger partial charge in [0.05, 0.1) is 19.2 Å². The molecule has 1 aliphatic heterocycles. The van der Waals surface area contributed by atoms with Crippen molar-refractivity contribution in [2.75, 3.05) is 18.6 Å². The van der Waals surface area contributed by atoms with E-state index in [1.165, 1.54) is 7.11 Å². The number of nitrogens with zero attached hydrogens (tertiary/aromatic N) is 1. The Morgan fingerprint density at radius 1 is 1.08 bits per heavy atom. The second-order valence-electron chi connectivity index (χ2n) is 5.81. The average molecular weight is 339 g/mol. The Kier molecular flexibility index (Phi) is 4.37. The van der Waals surface area contributed by atoms with Crippen LogP contribution in [0.4, 0.5) is 5.69 Å². The van der Waals surface area contributed by atoms with Gasteiger partial charge in [0.1, 0.15) is 6.54 Å². The topological polar surface area (TPSA) is 83.9 Å². The van der Waals surface area contributed by atoms with Crippen molar-refractivity contribution in [2.45, 2.75) is 12.0 Å². The van der Waals surface area contributed by atoms with Crippen molar-refractivity contribution < 1.29 is 24.2 Å². The lowest BCUT2D eigenvalue weighted by Gasteiger charge is -2.22. The third kappa shape index (κ3) is 2.92. The van der Waals surface area contributed by atoms with Gasteiger partial charge in [0.2, 0.25) is 0 Å². The van der Waals surface area contributed by atoms with Gasteiger partial charge in [-0.2, -0.15) is 0 Å². The number of fused-ring (bicyclic) bond motifs is 1. The summed E-state index contributed by atoms with van der Waals surface area (Å²) in [5.41, 5.74) is -0.876. The second-order valence-corrected chi connectivity index (χ2v) is 5.81. The summed E-state index contributed by atoms with van der Waals surface area (Å²) in [4.78, 5) is 38.1. The van der Waals surface area contributed by atoms with Crippen molar-refractivity contribution in [2.24, 2.45) is 0 Å². The van der Waals surface area contributed by atoms with Crippen molar-refractivity contribution in [1.82, 2.24) is 0 Å². The predicted molar refractivity (Wildman–Crippen MR) is 90.1 cm³/mol. The van der Waals surface area contributed by atoms with E-state index in [4.69, 9.17) is 0 Å². The Bertz CT molecular complexity index is 833. The van der Waals surface area contributed by atoms with Gasteiger partial charge in [0.25, 0.3) is 5.91 Å². The Labute approximate surface area is 144 Å². The molecule has 0 saturated heterocycles. The minimum Gasteiger partial charge on any atom is -0.468 e. The second kappa shape index (κ2) is 6.49. The number of benzene rings is 2. The van der Waals surface area contributed by atoms with Crippen LogP contribution in [0.1, 0.15) is 22.3 Å². The molecule has 1 N–H and O–H groups in total. The number of aliphatic hydroxyl groups is 1. The highest BCUT2D eigenvalue weighted by molar-refractivity contribution is 6.12. The monoisotopic (exact) mass is 339 g/mol. The lowest BCUT2D eigenvalue weighted by atomic mass is 9.88. The zero-order chi connectivity index (χ0) is 18.0. The van der Waals surface area contributed by atoms with Crippen LogP contribution in [0.5, 0.6) is 0 Å². The molecule has 6 heteroatoms. The number of hydrogen-bond donors (Lipinski definition) is 1. The van der Waals surface area contributed by atoms with Crippen LogP contribution in [-0.2, 0) is 19.9 Å². The zero-order valence-corrected chi connectivity index (χ0v) is 13.6. The van der Waals surface area contributed by atoms with Crippen molar-refractivity contribution in [3.8, 4) is 0 Å². The van der Waals surface area contributed by atoms with Crippen molar-refractivity contribution in [1.29, 1.82) is 0 Å². The molecule has 2 aromatic rings. The molecule has 6 nitrogen and oxygen atoms in total. The molecule has 0 saturated carbocycles. The van der Waals surface area contributed by atoms with E-state index in [1.54, 1.807) is 54.6 Å². The molecule has 1 unspecified atom stereocenters. The minimum atomic E-state index is -2.00. The molecule has 1 heterocycles. The number of Topliss-reactive ketones (excluding diaryl/α,β-unsaturated/α-hetero) is 1. The summed E-state index contributed by atoms with van der Waals surface area (Å²) >= 11 is 0. The molecule has 2 aromatic carbocycles. The van der Waals surface area contributed by atoms with Gasteiger partial charge >= 0.3 is 5.97 Å². The zero-order valence-electron chi connectivity index (χ0n) is 13.6. The number of anilines is 1. The molecule has 25 heavy (non-hydrogen) atoms. The number of hydrogen-bond acceptors (Lipinski definition) is 5. The Morgan fingerprint density at radius 2 is 1.72 bits per heavy atom. The van der Waals surface area contributed by atoms with Crippen molar-refractivity contribution in [3.05, 3.63) is 65.7 Å². The maximum Gasteiger partial charge on any atom is 0.325 e. The van der Waals surface area contributed by atoms with Crippen molar-refractivity contribution >= 4 is 23.3 Å². The number of rotatable bonds is 5. The third-order valence-corrected chi connectivity index (χ3v) is 4.27. The number of carbonyl (C=O) groups is 3. The Morgan fingerprint density at radius 3 is 2.40 bits per heavy atom. The first-order chi connectivity index (χ1) is 12.0. The number of ether oxygens (including phenoxy) is 1. The standard InChI is InChI=1S/C19H17NO5/c1-25-17(22)12-20-15-10-6-5-9-14(15)19(24,18(20)23)11-16(21)13-7-3-2-4-8-13/h2-10,24H,11-12H2,1H3. The molecule has 0 bridgehead atoms. The molecule has 3 rings (SSSR count). The van der Waals surface area contributed by atoms with Crippen LogP contribution in [-0.4, -0.2) is 36.4 Å². The number of esters is 1. The Balaban J connectivity index is 1.96. The highest BCUT2D eigenvalue weighted by atomic mass is 16.5. The molecule has 128 valence electrons. The minimum absolute atomic E-state index is 0.313. The first kappa shape index (κ1) is 16.9. The number of para-hydroxylation sites is 1. The van der Waals surface area contributed by atoms with Crippen LogP contribution in [0.25, 0.3) is 0 Å². The molecule has 0 fully saturated rings. The number of amides is 1. The lowest BCUT2D eigenvalue weighted by molar-refractivity contribution is -0.142. The molecule has 1 aliphatic rings. The lowest BCUT2D eigenvalue weighted by Crippen LogP contribution is -2.43. The summed E-state index contributed by atoms with van der Waals surface area (Å²) in [7, 11) is 1.22. The molecular weight excluding hydrogens is 322 g/mol. The van der Waals surface area contributed by atoms with Crippen molar-refractivity contribution in [3.63, 3.8) is 0 Å². The first-order valence-corrected chi connectivity index (χ1v) is 7.76. The van der Waals surface area contributed by atoms with E-state index in [0.29, 0.717) is 16.8 Å². The predicted octanol–water partition coefficient (Wildman–Crippen LogP) is 1.67. The third-order valence-electron chi connectivity index (χ3n) is 4.27. The van der Waals surface area contributed by atoms with Gasteiger partial charge in [-0.3, -0.25) is 19.3 Å². The Hall–Kier alpha value is -2.99. The van der Waals surface area contributed by atoms with Gasteiger partial charge < -0.3 is 9.84 Å². The maximum absolute atomic E-state index is 12.8. The van der Waals surface area contributed by atoms with Gasteiger partial charge in [-0.1, -0.05) is 48.5 Å². The van der Waals surface area contributed by atoms with E-state index in [0.717, 1.165) is 4.90 Å².